The van der Waals surface area contributed by atoms with Crippen molar-refractivity contribution < 1.29 is 4.79 Å². The summed E-state index contributed by atoms with van der Waals surface area (Å²) in [6, 6.07) is 5.40. The van der Waals surface area contributed by atoms with E-state index < -0.39 is 0 Å². The third-order valence-corrected chi connectivity index (χ3v) is 3.29. The Balaban J connectivity index is 2.61. The fourth-order valence-electron chi connectivity index (χ4n) is 1.65. The molecule has 0 fully saturated rings. The molecule has 2 nitrogen and oxygen atoms in total. The van der Waals surface area contributed by atoms with Crippen molar-refractivity contribution in [2.75, 3.05) is 6.54 Å². The number of amides is 1. The molecule has 0 bridgehead atoms. The van der Waals surface area contributed by atoms with E-state index in [0.717, 1.165) is 5.56 Å². The Morgan fingerprint density at radius 3 is 2.53 bits per heavy atom. The van der Waals surface area contributed by atoms with Gasteiger partial charge in [0.1, 0.15) is 0 Å². The van der Waals surface area contributed by atoms with Gasteiger partial charge in [0.25, 0.3) is 0 Å². The highest BCUT2D eigenvalue weighted by Crippen LogP contribution is 2.30. The molecule has 1 unspecified atom stereocenters. The number of carbonyl (C=O) groups is 1. The number of halogens is 2. The van der Waals surface area contributed by atoms with Crippen molar-refractivity contribution >= 4 is 29.1 Å². The minimum atomic E-state index is -0.131. The maximum Gasteiger partial charge on any atom is 0.243 e. The first-order valence-corrected chi connectivity index (χ1v) is 6.83. The average Bonchev–Trinajstić information content (AvgIpc) is 2.36. The highest BCUT2D eigenvalue weighted by molar-refractivity contribution is 6.36. The number of carbonyl (C=O) groups excluding carboxylic acids is 1. The summed E-state index contributed by atoms with van der Waals surface area (Å²) in [5, 5.41) is 4.06. The van der Waals surface area contributed by atoms with Crippen molar-refractivity contribution in [1.82, 2.24) is 5.32 Å². The van der Waals surface area contributed by atoms with Crippen LogP contribution >= 0.6 is 23.2 Å². The van der Waals surface area contributed by atoms with Crippen LogP contribution in [-0.4, -0.2) is 12.5 Å². The minimum Gasteiger partial charge on any atom is -0.352 e. The molecule has 0 aliphatic heterocycles. The smallest absolute Gasteiger partial charge is 0.243 e. The van der Waals surface area contributed by atoms with E-state index in [-0.39, 0.29) is 11.8 Å². The molecule has 1 amide bonds. The summed E-state index contributed by atoms with van der Waals surface area (Å²) in [4.78, 5) is 11.5. The van der Waals surface area contributed by atoms with Gasteiger partial charge in [0, 0.05) is 28.6 Å². The standard InChI is InChI=1S/C15H17Cl2NO/c1-3-4-5-9-14(19)18-10-11(2)15-12(16)7-6-8-13(15)17/h3-9,11H,10H2,1-2H3,(H,18,19). The predicted octanol–water partition coefficient (Wildman–Crippen LogP) is 4.35. The summed E-state index contributed by atoms with van der Waals surface area (Å²) in [5.74, 6) is -0.0756. The third-order valence-electron chi connectivity index (χ3n) is 2.63. The molecule has 0 spiro atoms. The van der Waals surface area contributed by atoms with Crippen LogP contribution in [0.2, 0.25) is 10.0 Å². The van der Waals surface area contributed by atoms with E-state index in [4.69, 9.17) is 23.2 Å². The van der Waals surface area contributed by atoms with Crippen LogP contribution in [0.3, 0.4) is 0 Å². The van der Waals surface area contributed by atoms with Crippen LogP contribution in [0.4, 0.5) is 0 Å². The van der Waals surface area contributed by atoms with Gasteiger partial charge in [-0.15, -0.1) is 0 Å². The van der Waals surface area contributed by atoms with E-state index >= 15 is 0 Å². The number of nitrogens with one attached hydrogen (secondary N) is 1. The lowest BCUT2D eigenvalue weighted by atomic mass is 10.0. The summed E-state index contributed by atoms with van der Waals surface area (Å²) < 4.78 is 0. The molecule has 0 aliphatic rings. The lowest BCUT2D eigenvalue weighted by Gasteiger charge is -2.15. The van der Waals surface area contributed by atoms with Crippen molar-refractivity contribution in [3.63, 3.8) is 0 Å². The second-order valence-electron chi connectivity index (χ2n) is 4.17. The number of hydrogen-bond acceptors (Lipinski definition) is 1. The van der Waals surface area contributed by atoms with E-state index in [9.17, 15) is 4.79 Å². The molecule has 1 atom stereocenters. The van der Waals surface area contributed by atoms with Crippen LogP contribution in [0, 0.1) is 0 Å². The van der Waals surface area contributed by atoms with Gasteiger partial charge < -0.3 is 5.32 Å². The Labute approximate surface area is 124 Å². The fourth-order valence-corrected chi connectivity index (χ4v) is 2.42. The number of rotatable bonds is 5. The van der Waals surface area contributed by atoms with Gasteiger partial charge in [0.15, 0.2) is 0 Å². The Hall–Kier alpha value is -1.25. The molecule has 102 valence electrons. The molecule has 1 aromatic rings. The number of benzene rings is 1. The fraction of sp³-hybridized carbons (Fsp3) is 0.267. The van der Waals surface area contributed by atoms with Gasteiger partial charge in [-0.1, -0.05) is 54.4 Å². The largest absolute Gasteiger partial charge is 0.352 e. The molecular weight excluding hydrogens is 281 g/mol. The van der Waals surface area contributed by atoms with Crippen molar-refractivity contribution in [3.05, 3.63) is 58.1 Å². The third kappa shape index (κ3) is 5.09. The first kappa shape index (κ1) is 15.8. The maximum absolute atomic E-state index is 11.5. The first-order valence-electron chi connectivity index (χ1n) is 6.07. The van der Waals surface area contributed by atoms with Crippen molar-refractivity contribution in [2.45, 2.75) is 19.8 Å². The average molecular weight is 298 g/mol. The normalized spacial score (nSPS) is 13.1. The van der Waals surface area contributed by atoms with Gasteiger partial charge in [-0.2, -0.15) is 0 Å². The Morgan fingerprint density at radius 1 is 1.32 bits per heavy atom. The zero-order chi connectivity index (χ0) is 14.3. The van der Waals surface area contributed by atoms with Gasteiger partial charge in [0.05, 0.1) is 0 Å². The Kier molecular flexibility index (Phi) is 6.68. The van der Waals surface area contributed by atoms with Crippen LogP contribution in [0.15, 0.2) is 42.5 Å². The van der Waals surface area contributed by atoms with Crippen LogP contribution in [-0.2, 0) is 4.79 Å². The van der Waals surface area contributed by atoms with Crippen molar-refractivity contribution in [2.24, 2.45) is 0 Å². The maximum atomic E-state index is 11.5. The quantitative estimate of drug-likeness (QED) is 0.635. The van der Waals surface area contributed by atoms with Gasteiger partial charge in [-0.3, -0.25) is 4.79 Å². The van der Waals surface area contributed by atoms with E-state index in [0.29, 0.717) is 16.6 Å². The summed E-state index contributed by atoms with van der Waals surface area (Å²) in [6.07, 6.45) is 6.84. The second kappa shape index (κ2) is 8.03. The van der Waals surface area contributed by atoms with E-state index in [1.165, 1.54) is 6.08 Å². The summed E-state index contributed by atoms with van der Waals surface area (Å²) in [6.45, 7) is 4.36. The number of allylic oxidation sites excluding steroid dienone is 3. The summed E-state index contributed by atoms with van der Waals surface area (Å²) >= 11 is 12.2. The first-order chi connectivity index (χ1) is 9.06. The molecule has 4 heteroatoms. The van der Waals surface area contributed by atoms with Crippen LogP contribution < -0.4 is 5.32 Å². The topological polar surface area (TPSA) is 29.1 Å². The van der Waals surface area contributed by atoms with E-state index in [1.807, 2.05) is 19.9 Å². The van der Waals surface area contributed by atoms with Crippen LogP contribution in [0.25, 0.3) is 0 Å². The summed E-state index contributed by atoms with van der Waals surface area (Å²) in [7, 11) is 0. The lowest BCUT2D eigenvalue weighted by Crippen LogP contribution is -2.25. The number of hydrogen-bond donors (Lipinski definition) is 1. The van der Waals surface area contributed by atoms with Gasteiger partial charge in [0.2, 0.25) is 5.91 Å². The molecule has 19 heavy (non-hydrogen) atoms. The van der Waals surface area contributed by atoms with Crippen LogP contribution in [0.1, 0.15) is 25.3 Å². The molecule has 0 saturated heterocycles. The molecule has 0 saturated carbocycles. The summed E-state index contributed by atoms with van der Waals surface area (Å²) in [5.41, 5.74) is 0.864. The molecule has 1 rings (SSSR count). The molecule has 1 N–H and O–H groups in total. The van der Waals surface area contributed by atoms with Gasteiger partial charge >= 0.3 is 0 Å². The molecule has 0 radical (unpaired) electrons. The zero-order valence-electron chi connectivity index (χ0n) is 11.0. The molecule has 0 heterocycles. The SMILES string of the molecule is CC=CC=CC(=O)NCC(C)c1c(Cl)cccc1Cl. The second-order valence-corrected chi connectivity index (χ2v) is 4.98. The van der Waals surface area contributed by atoms with Crippen molar-refractivity contribution in [1.29, 1.82) is 0 Å². The Morgan fingerprint density at radius 2 is 1.95 bits per heavy atom. The van der Waals surface area contributed by atoms with Crippen molar-refractivity contribution in [3.8, 4) is 0 Å². The predicted molar refractivity (Wildman–Crippen MR) is 81.8 cm³/mol. The highest BCUT2D eigenvalue weighted by atomic mass is 35.5. The van der Waals surface area contributed by atoms with Gasteiger partial charge in [-0.05, 0) is 24.6 Å². The highest BCUT2D eigenvalue weighted by Gasteiger charge is 2.13. The molecule has 0 aromatic heterocycles. The zero-order valence-corrected chi connectivity index (χ0v) is 12.5. The monoisotopic (exact) mass is 297 g/mol. The van der Waals surface area contributed by atoms with Crippen LogP contribution in [0.5, 0.6) is 0 Å². The molecule has 1 aromatic carbocycles. The van der Waals surface area contributed by atoms with E-state index in [2.05, 4.69) is 5.32 Å². The van der Waals surface area contributed by atoms with E-state index in [1.54, 1.807) is 30.4 Å². The molecular formula is C15H17Cl2NO. The molecule has 0 aliphatic carbocycles. The lowest BCUT2D eigenvalue weighted by molar-refractivity contribution is -0.116. The minimum absolute atomic E-state index is 0.0558. The Bertz CT molecular complexity index is 475. The van der Waals surface area contributed by atoms with Gasteiger partial charge in [-0.25, -0.2) is 0 Å².